The molecule has 2 amide bonds. The zero-order chi connectivity index (χ0) is 24.4. The fourth-order valence-corrected chi connectivity index (χ4v) is 5.97. The van der Waals surface area contributed by atoms with E-state index in [1.165, 1.54) is 5.56 Å². The third-order valence-electron chi connectivity index (χ3n) is 7.49. The number of amides is 2. The van der Waals surface area contributed by atoms with Crippen LogP contribution in [0.5, 0.6) is 0 Å². The van der Waals surface area contributed by atoms with Gasteiger partial charge in [0.1, 0.15) is 0 Å². The predicted molar refractivity (Wildman–Crippen MR) is 136 cm³/mol. The monoisotopic (exact) mass is 470 g/mol. The van der Waals surface area contributed by atoms with Crippen LogP contribution in [0.4, 0.5) is 0 Å². The minimum absolute atomic E-state index is 0.0396. The first-order valence-electron chi connectivity index (χ1n) is 12.7. The molecule has 2 fully saturated rings. The predicted octanol–water partition coefficient (Wildman–Crippen LogP) is 4.58. The van der Waals surface area contributed by atoms with E-state index in [9.17, 15) is 9.59 Å². The lowest BCUT2D eigenvalue weighted by molar-refractivity contribution is -0.143. The van der Waals surface area contributed by atoms with E-state index in [0.717, 1.165) is 24.9 Å². The van der Waals surface area contributed by atoms with E-state index < -0.39 is 0 Å². The Morgan fingerprint density at radius 2 is 1.97 bits per heavy atom. The third kappa shape index (κ3) is 4.62. The maximum atomic E-state index is 13.8. The second kappa shape index (κ2) is 9.68. The van der Waals surface area contributed by atoms with E-state index in [2.05, 4.69) is 48.0 Å². The van der Waals surface area contributed by atoms with E-state index in [0.29, 0.717) is 37.5 Å². The van der Waals surface area contributed by atoms with Crippen LogP contribution in [0.25, 0.3) is 0 Å². The summed E-state index contributed by atoms with van der Waals surface area (Å²) in [7, 11) is 0. The van der Waals surface area contributed by atoms with Gasteiger partial charge in [0, 0.05) is 56.5 Å². The number of carbonyl (C=O) groups is 2. The average molecular weight is 471 g/mol. The molecule has 5 rings (SSSR count). The van der Waals surface area contributed by atoms with Crippen molar-refractivity contribution in [3.63, 3.8) is 0 Å². The molecule has 3 heterocycles. The van der Waals surface area contributed by atoms with Crippen LogP contribution in [-0.4, -0.2) is 56.3 Å². The Bertz CT molecular complexity index is 1170. The van der Waals surface area contributed by atoms with Crippen molar-refractivity contribution in [2.45, 2.75) is 51.1 Å². The Balaban J connectivity index is 1.47. The third-order valence-corrected chi connectivity index (χ3v) is 7.49. The molecule has 2 aliphatic rings. The molecular weight excluding hydrogens is 436 g/mol. The van der Waals surface area contributed by atoms with E-state index >= 15 is 0 Å². The number of hydrogen-bond donors (Lipinski definition) is 0. The van der Waals surface area contributed by atoms with Gasteiger partial charge in [0.2, 0.25) is 5.91 Å². The largest absolute Gasteiger partial charge is 0.336 e. The smallest absolute Gasteiger partial charge is 0.253 e. The highest BCUT2D eigenvalue weighted by Gasteiger charge is 2.54. The molecule has 0 bridgehead atoms. The van der Waals surface area contributed by atoms with Gasteiger partial charge in [0.05, 0.1) is 11.9 Å². The Kier molecular flexibility index (Phi) is 6.46. The van der Waals surface area contributed by atoms with Crippen molar-refractivity contribution in [2.24, 2.45) is 5.92 Å². The SMILES string of the molecule is CC(C)CN1C(=O)CCC[C@]12CN(C(=O)c1cccc(Cn3ccnc3)c1)C[C@H]2c1ccccc1. The molecule has 2 saturated heterocycles. The summed E-state index contributed by atoms with van der Waals surface area (Å²) in [5.74, 6) is 0.736. The zero-order valence-electron chi connectivity index (χ0n) is 20.6. The molecule has 6 nitrogen and oxygen atoms in total. The van der Waals surface area contributed by atoms with Crippen LogP contribution in [0, 0.1) is 5.92 Å². The number of aromatic nitrogens is 2. The van der Waals surface area contributed by atoms with Crippen molar-refractivity contribution in [2.75, 3.05) is 19.6 Å². The molecule has 35 heavy (non-hydrogen) atoms. The first-order chi connectivity index (χ1) is 17.0. The van der Waals surface area contributed by atoms with Gasteiger partial charge in [0.25, 0.3) is 5.91 Å². The molecule has 1 spiro atoms. The van der Waals surface area contributed by atoms with Gasteiger partial charge < -0.3 is 14.4 Å². The highest BCUT2D eigenvalue weighted by molar-refractivity contribution is 5.95. The van der Waals surface area contributed by atoms with Crippen LogP contribution >= 0.6 is 0 Å². The molecule has 2 atom stereocenters. The van der Waals surface area contributed by atoms with Crippen LogP contribution in [0.15, 0.2) is 73.3 Å². The first-order valence-corrected chi connectivity index (χ1v) is 12.7. The highest BCUT2D eigenvalue weighted by Crippen LogP contribution is 2.46. The standard InChI is InChI=1S/C29H34N4O2/c1-22(2)17-33-27(34)12-7-13-29(33)20-32(19-26(29)24-9-4-3-5-10-24)28(35)25-11-6-8-23(16-25)18-31-15-14-30-21-31/h3-6,8-11,14-16,21-22,26H,7,12-13,17-20H2,1-2H3/t26-,29+/m0/s1. The zero-order valence-corrected chi connectivity index (χ0v) is 20.6. The maximum absolute atomic E-state index is 13.8. The van der Waals surface area contributed by atoms with E-state index in [1.807, 2.05) is 46.0 Å². The topological polar surface area (TPSA) is 58.4 Å². The summed E-state index contributed by atoms with van der Waals surface area (Å²) in [6.07, 6.45) is 7.87. The quantitative estimate of drug-likeness (QED) is 0.530. The Morgan fingerprint density at radius 3 is 2.71 bits per heavy atom. The number of benzene rings is 2. The van der Waals surface area contributed by atoms with Crippen LogP contribution in [-0.2, 0) is 11.3 Å². The second-order valence-corrected chi connectivity index (χ2v) is 10.4. The summed E-state index contributed by atoms with van der Waals surface area (Å²) in [5, 5.41) is 0. The molecule has 0 radical (unpaired) electrons. The van der Waals surface area contributed by atoms with Gasteiger partial charge in [0.15, 0.2) is 0 Å². The van der Waals surface area contributed by atoms with Gasteiger partial charge in [-0.05, 0) is 42.0 Å². The summed E-state index contributed by atoms with van der Waals surface area (Å²) in [4.78, 5) is 35.3. The van der Waals surface area contributed by atoms with Crippen LogP contribution in [0.3, 0.4) is 0 Å². The second-order valence-electron chi connectivity index (χ2n) is 10.4. The van der Waals surface area contributed by atoms with E-state index in [-0.39, 0.29) is 23.3 Å². The number of carbonyl (C=O) groups excluding carboxylic acids is 2. The van der Waals surface area contributed by atoms with Gasteiger partial charge in [-0.3, -0.25) is 9.59 Å². The lowest BCUT2D eigenvalue weighted by Crippen LogP contribution is -2.59. The number of rotatable bonds is 6. The normalized spacial score (nSPS) is 22.4. The van der Waals surface area contributed by atoms with Crippen molar-refractivity contribution in [1.29, 1.82) is 0 Å². The molecule has 1 aromatic heterocycles. The lowest BCUT2D eigenvalue weighted by atomic mass is 9.74. The Labute approximate surface area is 207 Å². The van der Waals surface area contributed by atoms with Crippen molar-refractivity contribution >= 4 is 11.8 Å². The molecule has 0 N–H and O–H groups in total. The van der Waals surface area contributed by atoms with Crippen LogP contribution < -0.4 is 0 Å². The van der Waals surface area contributed by atoms with Gasteiger partial charge in [-0.1, -0.05) is 56.3 Å². The molecule has 182 valence electrons. The molecule has 2 aromatic carbocycles. The summed E-state index contributed by atoms with van der Waals surface area (Å²) in [6, 6.07) is 18.3. The lowest BCUT2D eigenvalue weighted by Gasteiger charge is -2.49. The van der Waals surface area contributed by atoms with E-state index in [1.54, 1.807) is 12.5 Å². The highest BCUT2D eigenvalue weighted by atomic mass is 16.2. The van der Waals surface area contributed by atoms with Crippen LogP contribution in [0.1, 0.15) is 60.5 Å². The van der Waals surface area contributed by atoms with Gasteiger partial charge in [-0.15, -0.1) is 0 Å². The summed E-state index contributed by atoms with van der Waals surface area (Å²) >= 11 is 0. The van der Waals surface area contributed by atoms with Gasteiger partial charge in [-0.2, -0.15) is 0 Å². The number of piperidine rings is 1. The molecule has 0 unspecified atom stereocenters. The molecule has 0 saturated carbocycles. The van der Waals surface area contributed by atoms with Gasteiger partial charge >= 0.3 is 0 Å². The number of nitrogens with zero attached hydrogens (tertiary/aromatic N) is 4. The minimum atomic E-state index is -0.356. The molecule has 6 heteroatoms. The molecule has 3 aromatic rings. The number of hydrogen-bond acceptors (Lipinski definition) is 3. The summed E-state index contributed by atoms with van der Waals surface area (Å²) in [6.45, 7) is 6.93. The molecule has 0 aliphatic carbocycles. The van der Waals surface area contributed by atoms with Gasteiger partial charge in [-0.25, -0.2) is 4.98 Å². The average Bonchev–Trinajstić information content (AvgIpc) is 3.50. The minimum Gasteiger partial charge on any atom is -0.336 e. The van der Waals surface area contributed by atoms with Crippen molar-refractivity contribution < 1.29 is 9.59 Å². The van der Waals surface area contributed by atoms with Crippen molar-refractivity contribution in [1.82, 2.24) is 19.4 Å². The van der Waals surface area contributed by atoms with Crippen LogP contribution in [0.2, 0.25) is 0 Å². The maximum Gasteiger partial charge on any atom is 0.253 e. The van der Waals surface area contributed by atoms with Crippen molar-refractivity contribution in [3.05, 3.63) is 90.0 Å². The fraction of sp³-hybridized carbons (Fsp3) is 0.414. The summed E-state index contributed by atoms with van der Waals surface area (Å²) < 4.78 is 2.00. The fourth-order valence-electron chi connectivity index (χ4n) is 5.97. The van der Waals surface area contributed by atoms with E-state index in [4.69, 9.17) is 0 Å². The molecule has 2 aliphatic heterocycles. The Hall–Kier alpha value is -3.41. The van der Waals surface area contributed by atoms with Crippen molar-refractivity contribution in [3.8, 4) is 0 Å². The Morgan fingerprint density at radius 1 is 1.14 bits per heavy atom. The first kappa shape index (κ1) is 23.3. The number of imidazole rings is 1. The summed E-state index contributed by atoms with van der Waals surface area (Å²) in [5.41, 5.74) is 2.62. The molecular formula is C29H34N4O2. The number of likely N-dealkylation sites (tertiary alicyclic amines) is 2.